The van der Waals surface area contributed by atoms with E-state index in [9.17, 15) is 24.0 Å². The van der Waals surface area contributed by atoms with Crippen LogP contribution in [0.5, 0.6) is 11.5 Å². The van der Waals surface area contributed by atoms with Gasteiger partial charge in [0, 0.05) is 101 Å². The Morgan fingerprint density at radius 2 is 0.686 bits per heavy atom. The fourth-order valence-electron chi connectivity index (χ4n) is 9.34. The van der Waals surface area contributed by atoms with Gasteiger partial charge in [-0.05, 0) is 242 Å². The van der Waals surface area contributed by atoms with Crippen molar-refractivity contribution in [3.8, 4) is 11.5 Å². The summed E-state index contributed by atoms with van der Waals surface area (Å²) in [5.41, 5.74) is 8.32. The number of likely N-dealkylation sites (tertiary alicyclic amines) is 2. The van der Waals surface area contributed by atoms with Crippen molar-refractivity contribution in [2.45, 2.75) is 112 Å². The summed E-state index contributed by atoms with van der Waals surface area (Å²) < 4.78 is 10.6. The van der Waals surface area contributed by atoms with Crippen molar-refractivity contribution in [3.05, 3.63) is 170 Å². The first-order valence-corrected chi connectivity index (χ1v) is 35.7. The van der Waals surface area contributed by atoms with Crippen LogP contribution in [0.25, 0.3) is 0 Å². The van der Waals surface area contributed by atoms with Gasteiger partial charge in [0.05, 0.1) is 32.7 Å². The Morgan fingerprint density at radius 3 is 1.03 bits per heavy atom. The summed E-state index contributed by atoms with van der Waals surface area (Å²) in [6, 6.07) is 26.9. The van der Waals surface area contributed by atoms with E-state index >= 15 is 0 Å². The highest BCUT2D eigenvalue weighted by Gasteiger charge is 2.19. The lowest BCUT2D eigenvalue weighted by Gasteiger charge is -2.26. The van der Waals surface area contributed by atoms with Crippen molar-refractivity contribution >= 4 is 157 Å². The fraction of sp³-hybridized carbons (Fsp3) is 0.474. The van der Waals surface area contributed by atoms with Crippen molar-refractivity contribution in [2.24, 2.45) is 0 Å². The molecule has 0 saturated carbocycles. The molecule has 0 spiro atoms. The van der Waals surface area contributed by atoms with Crippen molar-refractivity contribution < 1.29 is 33.4 Å². The van der Waals surface area contributed by atoms with Crippen LogP contribution < -0.4 is 36.1 Å². The molecule has 27 heteroatoms. The van der Waals surface area contributed by atoms with E-state index in [1.165, 1.54) is 25.7 Å². The number of benzene rings is 6. The number of nitrogens with zero attached hydrogens (tertiary/aromatic N) is 6. The van der Waals surface area contributed by atoms with Gasteiger partial charge >= 0.3 is 5.97 Å². The van der Waals surface area contributed by atoms with Crippen molar-refractivity contribution in [2.75, 3.05) is 162 Å². The molecule has 0 bridgehead atoms. The number of ether oxygens (including phenoxy) is 2. The number of amides is 4. The molecule has 3 aliphatic rings. The number of anilines is 4. The second-order valence-corrected chi connectivity index (χ2v) is 28.4. The van der Waals surface area contributed by atoms with E-state index in [-0.39, 0.29) is 80.7 Å². The lowest BCUT2D eigenvalue weighted by atomic mass is 10.2. The van der Waals surface area contributed by atoms with Crippen LogP contribution in [0.2, 0.25) is 45.2 Å². The quantitative estimate of drug-likeness (QED) is 0.0381. The third-order valence-corrected chi connectivity index (χ3v) is 18.7. The smallest absolute Gasteiger partial charge is 0.325 e. The van der Waals surface area contributed by atoms with E-state index in [1.54, 1.807) is 79.3 Å². The Morgan fingerprint density at radius 1 is 0.381 bits per heavy atom. The van der Waals surface area contributed by atoms with Crippen LogP contribution in [-0.4, -0.2) is 200 Å². The number of halogens is 9. The Balaban J connectivity index is -0.00000118. The summed E-state index contributed by atoms with van der Waals surface area (Å²) in [7, 11) is 11.3. The average Bonchev–Trinajstić information content (AvgIpc) is 1.15. The molecule has 6 aromatic rings. The molecule has 9 rings (SSSR count). The summed E-state index contributed by atoms with van der Waals surface area (Å²) >= 11 is 53.8. The van der Waals surface area contributed by atoms with E-state index < -0.39 is 0 Å². The van der Waals surface area contributed by atoms with Gasteiger partial charge in [-0.3, -0.25) is 43.6 Å². The molecule has 3 fully saturated rings. The highest BCUT2D eigenvalue weighted by atomic mass is 35.5. The first-order valence-electron chi connectivity index (χ1n) is 32.3. The number of carbonyl (C=O) groups is 5. The molecule has 0 aromatic heterocycles. The number of carbonyl (C=O) groups excluding carboxylic acids is 5. The molecular weight excluding hydrogens is 1520 g/mol. The SMILES string of the molecule is C.C.C.C.C.C.Cc1c(Cl)cc(NC(=O)CN(C)C)cc1Cl.Cc1c(Cl)cc(NC(=O)CN2CCCC2)cc1Cl.Cc1c(Cl)cc(OC(=O)CN(C)C)cc1Cl.Cc1ccc(NC(=O)CN2CCCC2)cc1Cl.Cc1ccc(NC(=O)CN2CCNCC2)cc1Cl.Cc1ccc(OCCN(C)C)cc1Cl. The van der Waals surface area contributed by atoms with Gasteiger partial charge in [-0.15, -0.1) is 0 Å². The summed E-state index contributed by atoms with van der Waals surface area (Å²) in [5.74, 6) is 0.786. The predicted octanol–water partition coefficient (Wildman–Crippen LogP) is 19.5. The molecule has 3 aliphatic heterocycles. The van der Waals surface area contributed by atoms with Crippen LogP contribution in [0.4, 0.5) is 22.7 Å². The molecule has 3 heterocycles. The molecule has 0 unspecified atom stereocenters. The molecule has 0 aliphatic carbocycles. The highest BCUT2D eigenvalue weighted by Crippen LogP contribution is 2.32. The molecular formula is C78H118Cl9N11O7. The van der Waals surface area contributed by atoms with Crippen molar-refractivity contribution in [1.29, 1.82) is 0 Å². The van der Waals surface area contributed by atoms with Crippen LogP contribution in [0.1, 0.15) is 104 Å². The molecule has 0 radical (unpaired) electrons. The maximum absolute atomic E-state index is 11.9. The van der Waals surface area contributed by atoms with Gasteiger partial charge in [0.25, 0.3) is 0 Å². The fourth-order valence-corrected chi connectivity index (χ4v) is 11.3. The van der Waals surface area contributed by atoms with Gasteiger partial charge in [0.1, 0.15) is 18.1 Å². The predicted molar refractivity (Wildman–Crippen MR) is 455 cm³/mol. The van der Waals surface area contributed by atoms with Gasteiger partial charge in [-0.25, -0.2) is 0 Å². The number of piperazine rings is 1. The molecule has 6 aromatic carbocycles. The zero-order chi connectivity index (χ0) is 73.5. The Hall–Kier alpha value is -5.20. The standard InChI is InChI=1S/C13H16Cl2N2O.C13H18ClN3O.C13H17ClN2O.C11H14Cl2N2O.C11H13Cl2NO2.C11H16ClNO.6CH4/c1-9-11(14)6-10(7-12(9)15)16-13(18)8-17-4-2-3-5-17;1-10-2-3-11(8-12(10)14)16-13(18)9-17-6-4-15-5-7-17;1-10-4-5-11(8-12(10)14)15-13(17)9-16-6-2-3-7-16;1-7-9(12)4-8(5-10(7)13)14-11(16)6-15(2)3;1-7-9(12)4-8(5-10(7)13)16-11(15)6-14(2)3;1-9-4-5-10(8-11(9)12)14-7-6-13(2)3;;;;;;/h6-7H,2-5,8H2,1H3,(H,16,18);2-3,8,15H,4-7,9H2,1H3,(H,16,18);4-5,8H,2-3,6-7,9H2,1H3,(H,15,17);4-5H,6H2,1-3H3,(H,14,16);4-5H,6H2,1-3H3;4-5,8H,6-7H2,1-3H3;6*1H4. The Bertz CT molecular complexity index is 3460. The summed E-state index contributed by atoms with van der Waals surface area (Å²) in [6.45, 7) is 22.6. The molecule has 18 nitrogen and oxygen atoms in total. The van der Waals surface area contributed by atoms with Crippen LogP contribution in [0, 0.1) is 41.5 Å². The van der Waals surface area contributed by atoms with Crippen LogP contribution in [0.3, 0.4) is 0 Å². The van der Waals surface area contributed by atoms with Crippen LogP contribution in [0.15, 0.2) is 91.0 Å². The monoisotopic (exact) mass is 1640 g/mol. The minimum absolute atomic E-state index is 0. The topological polar surface area (TPSA) is 183 Å². The number of likely N-dealkylation sites (N-methyl/N-ethyl adjacent to an activating group) is 3. The van der Waals surface area contributed by atoms with E-state index in [2.05, 4.69) is 46.2 Å². The van der Waals surface area contributed by atoms with Gasteiger partial charge in [-0.1, -0.05) is 167 Å². The minimum atomic E-state index is -0.346. The first-order chi connectivity index (χ1) is 46.7. The molecule has 0 atom stereocenters. The second kappa shape index (κ2) is 54.4. The van der Waals surface area contributed by atoms with E-state index in [4.69, 9.17) is 114 Å². The molecule has 4 amide bonds. The number of hydrogen-bond donors (Lipinski definition) is 5. The van der Waals surface area contributed by atoms with Gasteiger partial charge in [0.2, 0.25) is 23.6 Å². The normalized spacial score (nSPS) is 12.8. The number of aryl methyl sites for hydroxylation is 3. The van der Waals surface area contributed by atoms with Crippen LogP contribution in [-0.2, 0) is 24.0 Å². The van der Waals surface area contributed by atoms with E-state index in [0.29, 0.717) is 90.1 Å². The Kier molecular flexibility index (Phi) is 53.9. The third-order valence-electron chi connectivity index (χ3n) is 15.1. The maximum atomic E-state index is 11.9. The molecule has 5 N–H and O–H groups in total. The van der Waals surface area contributed by atoms with Crippen LogP contribution >= 0.6 is 104 Å². The second-order valence-electron chi connectivity index (χ2n) is 24.8. The first kappa shape index (κ1) is 104. The number of rotatable bonds is 19. The van der Waals surface area contributed by atoms with Gasteiger partial charge in [0.15, 0.2) is 0 Å². The molecule has 105 heavy (non-hydrogen) atoms. The zero-order valence-electron chi connectivity index (χ0n) is 58.5. The maximum Gasteiger partial charge on any atom is 0.325 e. The van der Waals surface area contributed by atoms with Gasteiger partial charge < -0.3 is 45.9 Å². The zero-order valence-corrected chi connectivity index (χ0v) is 65.3. The number of esters is 1. The third kappa shape index (κ3) is 41.3. The lowest BCUT2D eigenvalue weighted by Crippen LogP contribution is -2.46. The Labute approximate surface area is 674 Å². The summed E-state index contributed by atoms with van der Waals surface area (Å²) in [5, 5.41) is 19.9. The average molecular weight is 1640 g/mol. The van der Waals surface area contributed by atoms with Crippen molar-refractivity contribution in [3.63, 3.8) is 0 Å². The molecule has 3 saturated heterocycles. The van der Waals surface area contributed by atoms with E-state index in [1.807, 2.05) is 105 Å². The number of hydrogen-bond acceptors (Lipinski definition) is 14. The van der Waals surface area contributed by atoms with Gasteiger partial charge in [-0.2, -0.15) is 0 Å². The van der Waals surface area contributed by atoms with Crippen molar-refractivity contribution in [1.82, 2.24) is 34.7 Å². The summed E-state index contributed by atoms with van der Waals surface area (Å²) in [4.78, 5) is 70.4. The summed E-state index contributed by atoms with van der Waals surface area (Å²) in [6.07, 6.45) is 4.75. The van der Waals surface area contributed by atoms with E-state index in [0.717, 1.165) is 114 Å². The lowest BCUT2D eigenvalue weighted by molar-refractivity contribution is -0.135. The largest absolute Gasteiger partial charge is 0.492 e. The molecule has 590 valence electrons. The number of nitrogens with one attached hydrogen (secondary N) is 5. The minimum Gasteiger partial charge on any atom is -0.492 e. The highest BCUT2D eigenvalue weighted by molar-refractivity contribution is 6.38.